The summed E-state index contributed by atoms with van der Waals surface area (Å²) in [6.07, 6.45) is 5.41. The molecule has 7 heteroatoms. The van der Waals surface area contributed by atoms with E-state index in [1.54, 1.807) is 37.6 Å². The molecule has 1 saturated carbocycles. The van der Waals surface area contributed by atoms with Crippen molar-refractivity contribution in [3.8, 4) is 5.75 Å². The molecule has 0 bridgehead atoms. The summed E-state index contributed by atoms with van der Waals surface area (Å²) >= 11 is 0. The van der Waals surface area contributed by atoms with Gasteiger partial charge in [0, 0.05) is 17.9 Å². The number of aromatic nitrogens is 2. The summed E-state index contributed by atoms with van der Waals surface area (Å²) in [6, 6.07) is 6.96. The Balaban J connectivity index is 1.62. The van der Waals surface area contributed by atoms with Crippen LogP contribution >= 0.6 is 0 Å². The van der Waals surface area contributed by atoms with Crippen LogP contribution in [0.25, 0.3) is 0 Å². The molecule has 26 heavy (non-hydrogen) atoms. The number of carbonyl (C=O) groups is 2. The number of nitrogens with zero attached hydrogens (tertiary/aromatic N) is 2. The van der Waals surface area contributed by atoms with Crippen molar-refractivity contribution in [2.75, 3.05) is 12.4 Å². The van der Waals surface area contributed by atoms with Gasteiger partial charge in [0.05, 0.1) is 24.9 Å². The minimum Gasteiger partial charge on any atom is -0.497 e. The summed E-state index contributed by atoms with van der Waals surface area (Å²) in [5.74, 6) is 0.0762. The number of rotatable bonds is 5. The van der Waals surface area contributed by atoms with E-state index < -0.39 is 0 Å². The zero-order chi connectivity index (χ0) is 18.5. The Morgan fingerprint density at radius 3 is 2.54 bits per heavy atom. The van der Waals surface area contributed by atoms with Gasteiger partial charge in [-0.15, -0.1) is 0 Å². The second-order valence-corrected chi connectivity index (χ2v) is 6.38. The van der Waals surface area contributed by atoms with E-state index in [4.69, 9.17) is 4.74 Å². The largest absolute Gasteiger partial charge is 0.497 e. The van der Waals surface area contributed by atoms with Crippen LogP contribution in [0.3, 0.4) is 0 Å². The average molecular weight is 354 g/mol. The van der Waals surface area contributed by atoms with Crippen molar-refractivity contribution in [2.24, 2.45) is 5.92 Å². The van der Waals surface area contributed by atoms with Crippen LogP contribution in [0.15, 0.2) is 36.7 Å². The number of aryl methyl sites for hydroxylation is 1. The molecule has 1 heterocycles. The minimum absolute atomic E-state index is 0.0899. The molecule has 3 rings (SSSR count). The Kier molecular flexibility index (Phi) is 5.46. The monoisotopic (exact) mass is 354 g/mol. The molecule has 136 valence electrons. The highest BCUT2D eigenvalue weighted by Gasteiger charge is 2.34. The summed E-state index contributed by atoms with van der Waals surface area (Å²) in [6.45, 7) is 1.81. The Bertz CT molecular complexity index is 774. The Labute approximate surface area is 152 Å². The lowest BCUT2D eigenvalue weighted by Gasteiger charge is -2.20. The number of methoxy groups -OCH3 is 1. The smallest absolute Gasteiger partial charge is 0.271 e. The number of ether oxygens (including phenoxy) is 1. The molecule has 1 fully saturated rings. The lowest BCUT2D eigenvalue weighted by molar-refractivity contribution is -0.120. The fourth-order valence-electron chi connectivity index (χ4n) is 3.11. The van der Waals surface area contributed by atoms with Crippen LogP contribution in [-0.2, 0) is 4.79 Å². The molecule has 2 amide bonds. The molecule has 0 spiro atoms. The third-order valence-electron chi connectivity index (χ3n) is 4.54. The van der Waals surface area contributed by atoms with E-state index in [9.17, 15) is 9.59 Å². The molecular weight excluding hydrogens is 332 g/mol. The van der Waals surface area contributed by atoms with Gasteiger partial charge in [0.15, 0.2) is 0 Å². The topological polar surface area (TPSA) is 93.2 Å². The first-order chi connectivity index (χ1) is 12.6. The third kappa shape index (κ3) is 4.17. The molecule has 1 aliphatic carbocycles. The maximum Gasteiger partial charge on any atom is 0.271 e. The van der Waals surface area contributed by atoms with Gasteiger partial charge in [0.1, 0.15) is 11.4 Å². The quantitative estimate of drug-likeness (QED) is 0.860. The first-order valence-corrected chi connectivity index (χ1v) is 8.61. The molecule has 0 saturated heterocycles. The predicted octanol–water partition coefficient (Wildman–Crippen LogP) is 2.33. The number of nitrogens with one attached hydrogen (secondary N) is 2. The third-order valence-corrected chi connectivity index (χ3v) is 4.54. The zero-order valence-corrected chi connectivity index (χ0v) is 14.9. The first-order valence-electron chi connectivity index (χ1n) is 8.61. The molecular formula is C19H22N4O3. The summed E-state index contributed by atoms with van der Waals surface area (Å²) < 4.78 is 5.11. The van der Waals surface area contributed by atoms with E-state index in [0.717, 1.165) is 30.7 Å². The predicted molar refractivity (Wildman–Crippen MR) is 97.0 cm³/mol. The van der Waals surface area contributed by atoms with Gasteiger partial charge in [-0.1, -0.05) is 6.42 Å². The second-order valence-electron chi connectivity index (χ2n) is 6.38. The van der Waals surface area contributed by atoms with Crippen LogP contribution in [0.4, 0.5) is 5.69 Å². The number of hydrogen-bond donors (Lipinski definition) is 2. The average Bonchev–Trinajstić information content (AvgIpc) is 3.11. The zero-order valence-electron chi connectivity index (χ0n) is 14.9. The lowest BCUT2D eigenvalue weighted by atomic mass is 10.0. The van der Waals surface area contributed by atoms with Gasteiger partial charge in [-0.3, -0.25) is 14.6 Å². The van der Waals surface area contributed by atoms with Gasteiger partial charge in [-0.05, 0) is 44.0 Å². The van der Waals surface area contributed by atoms with Gasteiger partial charge >= 0.3 is 0 Å². The highest BCUT2D eigenvalue weighted by molar-refractivity contribution is 5.95. The standard InChI is InChI=1S/C19H22N4O3/c1-12-10-21-17(11-20-12)19(25)23-16-5-3-4-15(16)18(24)22-13-6-8-14(26-2)9-7-13/h6-11,15-16H,3-5H2,1-2H3,(H,22,24)(H,23,25)/t15-,16+/m0/s1. The van der Waals surface area contributed by atoms with Crippen molar-refractivity contribution >= 4 is 17.5 Å². The van der Waals surface area contributed by atoms with Crippen LogP contribution < -0.4 is 15.4 Å². The molecule has 7 nitrogen and oxygen atoms in total. The van der Waals surface area contributed by atoms with Crippen LogP contribution in [0.2, 0.25) is 0 Å². The number of hydrogen-bond acceptors (Lipinski definition) is 5. The van der Waals surface area contributed by atoms with Gasteiger partial charge in [0.25, 0.3) is 5.91 Å². The minimum atomic E-state index is -0.299. The molecule has 0 unspecified atom stereocenters. The summed E-state index contributed by atoms with van der Waals surface area (Å²) in [7, 11) is 1.60. The van der Waals surface area contributed by atoms with Gasteiger partial charge < -0.3 is 15.4 Å². The van der Waals surface area contributed by atoms with Crippen molar-refractivity contribution in [2.45, 2.75) is 32.2 Å². The SMILES string of the molecule is COc1ccc(NC(=O)[C@H]2CCC[C@H]2NC(=O)c2cnc(C)cn2)cc1. The number of carbonyl (C=O) groups excluding carboxylic acids is 2. The fourth-order valence-corrected chi connectivity index (χ4v) is 3.11. The molecule has 1 aliphatic rings. The molecule has 2 aromatic rings. The Morgan fingerprint density at radius 2 is 1.88 bits per heavy atom. The van der Waals surface area contributed by atoms with Crippen LogP contribution in [0.1, 0.15) is 35.4 Å². The fraction of sp³-hybridized carbons (Fsp3) is 0.368. The van der Waals surface area contributed by atoms with Gasteiger partial charge in [-0.25, -0.2) is 4.98 Å². The number of anilines is 1. The Morgan fingerprint density at radius 1 is 1.12 bits per heavy atom. The summed E-state index contributed by atoms with van der Waals surface area (Å²) in [5.41, 5.74) is 1.72. The number of amides is 2. The summed E-state index contributed by atoms with van der Waals surface area (Å²) in [5, 5.41) is 5.84. The number of benzene rings is 1. The van der Waals surface area contributed by atoms with Crippen molar-refractivity contribution in [3.05, 3.63) is 48.0 Å². The maximum absolute atomic E-state index is 12.6. The Hall–Kier alpha value is -2.96. The van der Waals surface area contributed by atoms with Crippen molar-refractivity contribution < 1.29 is 14.3 Å². The van der Waals surface area contributed by atoms with Crippen LogP contribution in [0, 0.1) is 12.8 Å². The summed E-state index contributed by atoms with van der Waals surface area (Å²) in [4.78, 5) is 33.1. The molecule has 0 aliphatic heterocycles. The second kappa shape index (κ2) is 7.95. The van der Waals surface area contributed by atoms with Crippen LogP contribution in [0.5, 0.6) is 5.75 Å². The highest BCUT2D eigenvalue weighted by Crippen LogP contribution is 2.27. The van der Waals surface area contributed by atoms with E-state index >= 15 is 0 Å². The molecule has 1 aromatic heterocycles. The molecule has 1 aromatic carbocycles. The normalized spacial score (nSPS) is 19.0. The lowest BCUT2D eigenvalue weighted by Crippen LogP contribution is -2.42. The van der Waals surface area contributed by atoms with Crippen molar-refractivity contribution in [1.29, 1.82) is 0 Å². The van der Waals surface area contributed by atoms with Crippen molar-refractivity contribution in [3.63, 3.8) is 0 Å². The first kappa shape index (κ1) is 17.8. The molecule has 2 atom stereocenters. The van der Waals surface area contributed by atoms with Gasteiger partial charge in [0.2, 0.25) is 5.91 Å². The van der Waals surface area contributed by atoms with E-state index in [1.807, 2.05) is 6.92 Å². The van der Waals surface area contributed by atoms with E-state index in [0.29, 0.717) is 5.69 Å². The molecule has 0 radical (unpaired) electrons. The van der Waals surface area contributed by atoms with E-state index in [-0.39, 0.29) is 29.5 Å². The highest BCUT2D eigenvalue weighted by atomic mass is 16.5. The van der Waals surface area contributed by atoms with E-state index in [2.05, 4.69) is 20.6 Å². The van der Waals surface area contributed by atoms with Crippen LogP contribution in [-0.4, -0.2) is 34.9 Å². The van der Waals surface area contributed by atoms with Gasteiger partial charge in [-0.2, -0.15) is 0 Å². The molecule has 2 N–H and O–H groups in total. The van der Waals surface area contributed by atoms with E-state index in [1.165, 1.54) is 6.20 Å². The maximum atomic E-state index is 12.6. The van der Waals surface area contributed by atoms with Crippen molar-refractivity contribution in [1.82, 2.24) is 15.3 Å².